The van der Waals surface area contributed by atoms with Crippen molar-refractivity contribution < 1.29 is 9.59 Å². The monoisotopic (exact) mass is 272 g/mol. The number of aromatic nitrogens is 1. The number of amides is 1. The molecule has 2 saturated carbocycles. The van der Waals surface area contributed by atoms with Crippen LogP contribution in [-0.4, -0.2) is 23.2 Å². The third-order valence-corrected chi connectivity index (χ3v) is 4.61. The maximum atomic E-state index is 12.2. The first-order valence-electron chi connectivity index (χ1n) is 7.44. The Kier molecular flexibility index (Phi) is 3.81. The molecule has 0 aromatic carbocycles. The molecule has 2 bridgehead atoms. The van der Waals surface area contributed by atoms with Gasteiger partial charge in [-0.3, -0.25) is 14.6 Å². The van der Waals surface area contributed by atoms with Gasteiger partial charge in [-0.15, -0.1) is 0 Å². The van der Waals surface area contributed by atoms with Gasteiger partial charge in [0.25, 0.3) is 0 Å². The first-order chi connectivity index (χ1) is 9.74. The van der Waals surface area contributed by atoms with Crippen molar-refractivity contribution in [1.29, 1.82) is 0 Å². The molecule has 0 aliphatic heterocycles. The molecule has 106 valence electrons. The Hall–Kier alpha value is -1.71. The van der Waals surface area contributed by atoms with E-state index in [0.717, 1.165) is 37.7 Å². The number of Topliss-reactive ketones (excluding diaryl/α,β-unsaturated/α-hetero) is 1. The Balaban J connectivity index is 1.47. The second-order valence-electron chi connectivity index (χ2n) is 5.94. The van der Waals surface area contributed by atoms with E-state index in [2.05, 4.69) is 10.3 Å². The van der Waals surface area contributed by atoms with Gasteiger partial charge < -0.3 is 5.32 Å². The standard InChI is InChI=1S/C16H20N2O2/c19-15-12-3-4-13(15)9-14(8-12)16(20)18-7-5-11-2-1-6-17-10-11/h1-2,6,10,12-14H,3-5,7-9H2,(H,18,20). The van der Waals surface area contributed by atoms with E-state index in [0.29, 0.717) is 12.3 Å². The topological polar surface area (TPSA) is 59.1 Å². The van der Waals surface area contributed by atoms with Gasteiger partial charge in [0.05, 0.1) is 0 Å². The zero-order valence-corrected chi connectivity index (χ0v) is 11.5. The number of carbonyl (C=O) groups excluding carboxylic acids is 2. The zero-order valence-electron chi connectivity index (χ0n) is 11.5. The number of fused-ring (bicyclic) bond motifs is 2. The molecular weight excluding hydrogens is 252 g/mol. The molecule has 4 nitrogen and oxygen atoms in total. The first kappa shape index (κ1) is 13.3. The molecule has 2 aliphatic rings. The van der Waals surface area contributed by atoms with Crippen LogP contribution >= 0.6 is 0 Å². The average Bonchev–Trinajstić information content (AvgIpc) is 2.69. The Morgan fingerprint density at radius 3 is 2.70 bits per heavy atom. The molecule has 2 aliphatic carbocycles. The second kappa shape index (κ2) is 5.73. The molecular formula is C16H20N2O2. The number of hydrogen-bond acceptors (Lipinski definition) is 3. The highest BCUT2D eigenvalue weighted by molar-refractivity contribution is 5.89. The predicted molar refractivity (Wildman–Crippen MR) is 74.9 cm³/mol. The van der Waals surface area contributed by atoms with E-state index in [1.165, 1.54) is 0 Å². The SMILES string of the molecule is O=C(NCCc1cccnc1)C1CC2CCC(C1)C2=O. The summed E-state index contributed by atoms with van der Waals surface area (Å²) in [4.78, 5) is 28.1. The van der Waals surface area contributed by atoms with Crippen LogP contribution in [0.3, 0.4) is 0 Å². The van der Waals surface area contributed by atoms with Crippen molar-refractivity contribution in [2.45, 2.75) is 32.1 Å². The van der Waals surface area contributed by atoms with Gasteiger partial charge >= 0.3 is 0 Å². The summed E-state index contributed by atoms with van der Waals surface area (Å²) >= 11 is 0. The average molecular weight is 272 g/mol. The van der Waals surface area contributed by atoms with Crippen molar-refractivity contribution in [3.63, 3.8) is 0 Å². The summed E-state index contributed by atoms with van der Waals surface area (Å²) in [5, 5.41) is 3.01. The van der Waals surface area contributed by atoms with Crippen molar-refractivity contribution in [2.75, 3.05) is 6.54 Å². The van der Waals surface area contributed by atoms with Gasteiger partial charge in [0, 0.05) is 36.7 Å². The third kappa shape index (κ3) is 2.74. The highest BCUT2D eigenvalue weighted by Gasteiger charge is 2.43. The molecule has 0 saturated heterocycles. The molecule has 2 fully saturated rings. The maximum absolute atomic E-state index is 12.2. The van der Waals surface area contributed by atoms with Crippen molar-refractivity contribution in [3.05, 3.63) is 30.1 Å². The maximum Gasteiger partial charge on any atom is 0.223 e. The number of carbonyl (C=O) groups is 2. The fourth-order valence-electron chi connectivity index (χ4n) is 3.51. The molecule has 2 atom stereocenters. The molecule has 1 amide bonds. The van der Waals surface area contributed by atoms with Crippen LogP contribution < -0.4 is 5.32 Å². The number of rotatable bonds is 4. The Labute approximate surface area is 119 Å². The highest BCUT2D eigenvalue weighted by atomic mass is 16.2. The minimum Gasteiger partial charge on any atom is -0.356 e. The van der Waals surface area contributed by atoms with Crippen molar-refractivity contribution in [1.82, 2.24) is 10.3 Å². The summed E-state index contributed by atoms with van der Waals surface area (Å²) in [5.74, 6) is 0.882. The Morgan fingerprint density at radius 2 is 2.05 bits per heavy atom. The third-order valence-electron chi connectivity index (χ3n) is 4.61. The lowest BCUT2D eigenvalue weighted by Gasteiger charge is -2.25. The fraction of sp³-hybridized carbons (Fsp3) is 0.562. The zero-order chi connectivity index (χ0) is 13.9. The van der Waals surface area contributed by atoms with E-state index < -0.39 is 0 Å². The fourth-order valence-corrected chi connectivity index (χ4v) is 3.51. The summed E-state index contributed by atoms with van der Waals surface area (Å²) in [6.45, 7) is 0.643. The van der Waals surface area contributed by atoms with Crippen LogP contribution in [0, 0.1) is 17.8 Å². The summed E-state index contributed by atoms with van der Waals surface area (Å²) in [6.07, 6.45) is 7.87. The summed E-state index contributed by atoms with van der Waals surface area (Å²) < 4.78 is 0. The predicted octanol–water partition coefficient (Wildman–Crippen LogP) is 1.75. The quantitative estimate of drug-likeness (QED) is 0.908. The number of nitrogens with zero attached hydrogens (tertiary/aromatic N) is 1. The molecule has 1 aromatic rings. The molecule has 3 rings (SSSR count). The van der Waals surface area contributed by atoms with Crippen LogP contribution in [0.2, 0.25) is 0 Å². The molecule has 1 N–H and O–H groups in total. The minimum atomic E-state index is 0.0408. The van der Waals surface area contributed by atoms with Gasteiger partial charge in [-0.2, -0.15) is 0 Å². The van der Waals surface area contributed by atoms with Crippen molar-refractivity contribution in [3.8, 4) is 0 Å². The lowest BCUT2D eigenvalue weighted by atomic mass is 9.79. The van der Waals surface area contributed by atoms with Gasteiger partial charge in [-0.1, -0.05) is 6.07 Å². The van der Waals surface area contributed by atoms with E-state index >= 15 is 0 Å². The smallest absolute Gasteiger partial charge is 0.223 e. The number of hydrogen-bond donors (Lipinski definition) is 1. The number of ketones is 1. The molecule has 0 radical (unpaired) electrons. The van der Waals surface area contributed by atoms with Gasteiger partial charge in [0.2, 0.25) is 5.91 Å². The lowest BCUT2D eigenvalue weighted by Crippen LogP contribution is -2.38. The van der Waals surface area contributed by atoms with Crippen LogP contribution in [0.15, 0.2) is 24.5 Å². The van der Waals surface area contributed by atoms with E-state index in [-0.39, 0.29) is 23.7 Å². The molecule has 20 heavy (non-hydrogen) atoms. The molecule has 0 spiro atoms. The van der Waals surface area contributed by atoms with Gasteiger partial charge in [0.15, 0.2) is 0 Å². The largest absolute Gasteiger partial charge is 0.356 e. The van der Waals surface area contributed by atoms with Gasteiger partial charge in [-0.25, -0.2) is 0 Å². The number of nitrogens with one attached hydrogen (secondary N) is 1. The lowest BCUT2D eigenvalue weighted by molar-refractivity contribution is -0.132. The van der Waals surface area contributed by atoms with Crippen LogP contribution in [0.1, 0.15) is 31.2 Å². The van der Waals surface area contributed by atoms with Gasteiger partial charge in [0.1, 0.15) is 5.78 Å². The van der Waals surface area contributed by atoms with E-state index in [1.54, 1.807) is 6.20 Å². The summed E-state index contributed by atoms with van der Waals surface area (Å²) in [6, 6.07) is 3.92. The Bertz CT molecular complexity index is 484. The van der Waals surface area contributed by atoms with E-state index in [1.807, 2.05) is 18.3 Å². The first-order valence-corrected chi connectivity index (χ1v) is 7.44. The van der Waals surface area contributed by atoms with Gasteiger partial charge in [-0.05, 0) is 43.7 Å². The van der Waals surface area contributed by atoms with E-state index in [9.17, 15) is 9.59 Å². The van der Waals surface area contributed by atoms with Crippen LogP contribution in [0.25, 0.3) is 0 Å². The molecule has 4 heteroatoms. The highest BCUT2D eigenvalue weighted by Crippen LogP contribution is 2.41. The normalized spacial score (nSPS) is 28.4. The summed E-state index contributed by atoms with van der Waals surface area (Å²) in [7, 11) is 0. The van der Waals surface area contributed by atoms with Crippen molar-refractivity contribution >= 4 is 11.7 Å². The van der Waals surface area contributed by atoms with Crippen molar-refractivity contribution in [2.24, 2.45) is 17.8 Å². The van der Waals surface area contributed by atoms with Crippen LogP contribution in [-0.2, 0) is 16.0 Å². The Morgan fingerprint density at radius 1 is 1.30 bits per heavy atom. The van der Waals surface area contributed by atoms with E-state index in [4.69, 9.17) is 0 Å². The van der Waals surface area contributed by atoms with Crippen LogP contribution in [0.5, 0.6) is 0 Å². The molecule has 1 aromatic heterocycles. The second-order valence-corrected chi connectivity index (χ2v) is 5.94. The summed E-state index contributed by atoms with van der Waals surface area (Å²) in [5.41, 5.74) is 1.13. The number of pyridine rings is 1. The molecule has 1 heterocycles. The van der Waals surface area contributed by atoms with Crippen LogP contribution in [0.4, 0.5) is 0 Å². The molecule has 2 unspecified atom stereocenters. The minimum absolute atomic E-state index is 0.0408.